The van der Waals surface area contributed by atoms with Crippen molar-refractivity contribution in [3.63, 3.8) is 0 Å². The monoisotopic (exact) mass is 343 g/mol. The summed E-state index contributed by atoms with van der Waals surface area (Å²) >= 11 is 5.86. The number of likely N-dealkylation sites (tertiary alicyclic amines) is 1. The van der Waals surface area contributed by atoms with Gasteiger partial charge in [-0.1, -0.05) is 17.7 Å². The summed E-state index contributed by atoms with van der Waals surface area (Å²) in [6, 6.07) is 6.43. The molecule has 3 heterocycles. The molecule has 1 aliphatic carbocycles. The Hall–Kier alpha value is -1.72. The van der Waals surface area contributed by atoms with E-state index >= 15 is 0 Å². The van der Waals surface area contributed by atoms with Gasteiger partial charge in [-0.3, -0.25) is 4.90 Å². The number of halogens is 1. The second-order valence-corrected chi connectivity index (χ2v) is 7.21. The van der Waals surface area contributed by atoms with Crippen LogP contribution >= 0.6 is 11.6 Å². The van der Waals surface area contributed by atoms with Gasteiger partial charge in [-0.15, -0.1) is 0 Å². The van der Waals surface area contributed by atoms with Crippen LogP contribution in [0.4, 0.5) is 5.82 Å². The van der Waals surface area contributed by atoms with Crippen molar-refractivity contribution in [2.75, 3.05) is 25.0 Å². The predicted octanol–water partition coefficient (Wildman–Crippen LogP) is 3.11. The largest absolute Gasteiger partial charge is 0.355 e. The van der Waals surface area contributed by atoms with Crippen molar-refractivity contribution in [1.82, 2.24) is 19.9 Å². The lowest BCUT2D eigenvalue weighted by atomic mass is 10.2. The molecule has 126 valence electrons. The van der Waals surface area contributed by atoms with Gasteiger partial charge >= 0.3 is 0 Å². The van der Waals surface area contributed by atoms with Crippen molar-refractivity contribution in [2.24, 2.45) is 0 Å². The molecule has 2 aromatic heterocycles. The number of nitrogens with zero attached hydrogens (tertiary/aromatic N) is 5. The van der Waals surface area contributed by atoms with E-state index in [2.05, 4.69) is 32.9 Å². The smallest absolute Gasteiger partial charge is 0.133 e. The maximum Gasteiger partial charge on any atom is 0.133 e. The molecule has 1 saturated heterocycles. The molecule has 1 aliphatic heterocycles. The number of likely N-dealkylation sites (N-methyl/N-ethyl adjacent to an activating group) is 1. The van der Waals surface area contributed by atoms with E-state index in [0.717, 1.165) is 37.7 Å². The van der Waals surface area contributed by atoms with Gasteiger partial charge in [0.05, 0.1) is 0 Å². The maximum absolute atomic E-state index is 5.86. The SMILES string of the molecule is CN(c1ccnc(C2CC2)n1)C1CCN(Cc2ccc(Cl)nc2)C1. The van der Waals surface area contributed by atoms with Crippen LogP contribution in [-0.2, 0) is 6.54 Å². The Morgan fingerprint density at radius 3 is 2.83 bits per heavy atom. The molecule has 4 rings (SSSR count). The molecule has 2 aliphatic rings. The summed E-state index contributed by atoms with van der Waals surface area (Å²) in [7, 11) is 2.15. The van der Waals surface area contributed by atoms with Crippen LogP contribution in [0.2, 0.25) is 5.15 Å². The Morgan fingerprint density at radius 2 is 2.08 bits per heavy atom. The van der Waals surface area contributed by atoms with Gasteiger partial charge in [0.2, 0.25) is 0 Å². The minimum atomic E-state index is 0.493. The van der Waals surface area contributed by atoms with E-state index in [-0.39, 0.29) is 0 Å². The van der Waals surface area contributed by atoms with Gasteiger partial charge in [0, 0.05) is 51.0 Å². The van der Waals surface area contributed by atoms with E-state index in [9.17, 15) is 0 Å². The summed E-state index contributed by atoms with van der Waals surface area (Å²) in [5.74, 6) is 2.66. The van der Waals surface area contributed by atoms with Crippen LogP contribution in [0.1, 0.15) is 36.6 Å². The molecule has 1 atom stereocenters. The van der Waals surface area contributed by atoms with Crippen LogP contribution in [0.25, 0.3) is 0 Å². The lowest BCUT2D eigenvalue weighted by Gasteiger charge is -2.26. The third-order valence-electron chi connectivity index (χ3n) is 4.95. The van der Waals surface area contributed by atoms with Gasteiger partial charge < -0.3 is 4.90 Å². The molecule has 1 saturated carbocycles. The molecule has 2 aromatic rings. The molecule has 5 nitrogen and oxygen atoms in total. The molecular formula is C18H22ClN5. The third kappa shape index (κ3) is 3.52. The predicted molar refractivity (Wildman–Crippen MR) is 95.3 cm³/mol. The topological polar surface area (TPSA) is 45.2 Å². The zero-order valence-electron chi connectivity index (χ0n) is 13.9. The van der Waals surface area contributed by atoms with Gasteiger partial charge in [-0.2, -0.15) is 0 Å². The Bertz CT molecular complexity index is 701. The number of rotatable bonds is 5. The molecule has 0 spiro atoms. The highest BCUT2D eigenvalue weighted by Gasteiger charge is 2.29. The minimum absolute atomic E-state index is 0.493. The lowest BCUT2D eigenvalue weighted by Crippen LogP contribution is -2.35. The highest BCUT2D eigenvalue weighted by molar-refractivity contribution is 6.29. The molecular weight excluding hydrogens is 322 g/mol. The molecule has 0 radical (unpaired) electrons. The quantitative estimate of drug-likeness (QED) is 0.780. The van der Waals surface area contributed by atoms with Crippen LogP contribution in [0.15, 0.2) is 30.6 Å². The van der Waals surface area contributed by atoms with Gasteiger partial charge in [-0.05, 0) is 37.0 Å². The van der Waals surface area contributed by atoms with Crippen molar-refractivity contribution >= 4 is 17.4 Å². The summed E-state index contributed by atoms with van der Waals surface area (Å²) in [5, 5.41) is 0.549. The number of pyridine rings is 1. The first-order valence-electron chi connectivity index (χ1n) is 8.57. The Labute approximate surface area is 147 Å². The molecule has 0 amide bonds. The summed E-state index contributed by atoms with van der Waals surface area (Å²) in [4.78, 5) is 18.1. The average Bonchev–Trinajstić information content (AvgIpc) is 3.36. The summed E-state index contributed by atoms with van der Waals surface area (Å²) in [5.41, 5.74) is 1.21. The standard InChI is InChI=1S/C18H22ClN5/c1-23(17-6-8-20-18(22-17)14-3-4-14)15-7-9-24(12-15)11-13-2-5-16(19)21-10-13/h2,5-6,8,10,14-15H,3-4,7,9,11-12H2,1H3. The molecule has 0 N–H and O–H groups in total. The Morgan fingerprint density at radius 1 is 1.21 bits per heavy atom. The fraction of sp³-hybridized carbons (Fsp3) is 0.500. The fourth-order valence-electron chi connectivity index (χ4n) is 3.32. The highest BCUT2D eigenvalue weighted by Crippen LogP contribution is 2.38. The maximum atomic E-state index is 5.86. The Balaban J connectivity index is 1.38. The number of hydrogen-bond donors (Lipinski definition) is 0. The van der Waals surface area contributed by atoms with Crippen LogP contribution in [0.5, 0.6) is 0 Å². The van der Waals surface area contributed by atoms with Crippen molar-refractivity contribution in [3.8, 4) is 0 Å². The van der Waals surface area contributed by atoms with Crippen LogP contribution in [0.3, 0.4) is 0 Å². The normalized spacial score (nSPS) is 21.2. The first-order chi connectivity index (χ1) is 11.7. The number of aromatic nitrogens is 3. The zero-order valence-corrected chi connectivity index (χ0v) is 14.7. The van der Waals surface area contributed by atoms with Crippen molar-refractivity contribution in [2.45, 2.75) is 37.8 Å². The van der Waals surface area contributed by atoms with Crippen molar-refractivity contribution < 1.29 is 0 Å². The summed E-state index contributed by atoms with van der Waals surface area (Å²) < 4.78 is 0. The van der Waals surface area contributed by atoms with Gasteiger partial charge in [0.25, 0.3) is 0 Å². The number of hydrogen-bond acceptors (Lipinski definition) is 5. The van der Waals surface area contributed by atoms with Gasteiger partial charge in [0.1, 0.15) is 16.8 Å². The van der Waals surface area contributed by atoms with E-state index < -0.39 is 0 Å². The molecule has 1 unspecified atom stereocenters. The van der Waals surface area contributed by atoms with Crippen LogP contribution < -0.4 is 4.90 Å². The first-order valence-corrected chi connectivity index (χ1v) is 8.95. The summed E-state index contributed by atoms with van der Waals surface area (Å²) in [6.45, 7) is 3.06. The van der Waals surface area contributed by atoms with Crippen molar-refractivity contribution in [3.05, 3.63) is 47.1 Å². The first kappa shape index (κ1) is 15.8. The molecule has 0 bridgehead atoms. The molecule has 0 aromatic carbocycles. The van der Waals surface area contributed by atoms with E-state index in [1.165, 1.54) is 18.4 Å². The highest BCUT2D eigenvalue weighted by atomic mass is 35.5. The summed E-state index contributed by atoms with van der Waals surface area (Å²) in [6.07, 6.45) is 7.39. The van der Waals surface area contributed by atoms with Crippen molar-refractivity contribution in [1.29, 1.82) is 0 Å². The number of anilines is 1. The van der Waals surface area contributed by atoms with Crippen LogP contribution in [0, 0.1) is 0 Å². The molecule has 6 heteroatoms. The van der Waals surface area contributed by atoms with E-state index in [4.69, 9.17) is 16.6 Å². The van der Waals surface area contributed by atoms with Crippen LogP contribution in [-0.4, -0.2) is 46.0 Å². The second-order valence-electron chi connectivity index (χ2n) is 6.83. The van der Waals surface area contributed by atoms with E-state index in [0.29, 0.717) is 17.1 Å². The zero-order chi connectivity index (χ0) is 16.5. The van der Waals surface area contributed by atoms with E-state index in [1.54, 1.807) is 0 Å². The minimum Gasteiger partial charge on any atom is -0.355 e. The second kappa shape index (κ2) is 6.65. The average molecular weight is 344 g/mol. The molecule has 24 heavy (non-hydrogen) atoms. The van der Waals surface area contributed by atoms with Gasteiger partial charge in [-0.25, -0.2) is 15.0 Å². The lowest BCUT2D eigenvalue weighted by molar-refractivity contribution is 0.325. The molecule has 2 fully saturated rings. The van der Waals surface area contributed by atoms with E-state index in [1.807, 2.05) is 24.5 Å². The third-order valence-corrected chi connectivity index (χ3v) is 5.18. The fourth-order valence-corrected chi connectivity index (χ4v) is 3.43. The van der Waals surface area contributed by atoms with Gasteiger partial charge in [0.15, 0.2) is 0 Å². The Kier molecular flexibility index (Phi) is 4.37.